The quantitative estimate of drug-likeness (QED) is 0.726. The summed E-state index contributed by atoms with van der Waals surface area (Å²) in [6.45, 7) is 0. The van der Waals surface area contributed by atoms with E-state index >= 15 is 0 Å². The predicted octanol–water partition coefficient (Wildman–Crippen LogP) is 2.54. The van der Waals surface area contributed by atoms with Crippen LogP contribution in [0.15, 0.2) is 39.6 Å². The Morgan fingerprint density at radius 2 is 2.28 bits per heavy atom. The molecule has 2 bridgehead atoms. The highest BCUT2D eigenvalue weighted by molar-refractivity contribution is 8.17. The number of carbonyl (C=O) groups is 1. The van der Waals surface area contributed by atoms with Gasteiger partial charge in [0, 0.05) is 12.0 Å². The Labute approximate surface area is 106 Å². The van der Waals surface area contributed by atoms with Crippen LogP contribution in [0.4, 0.5) is 10.5 Å². The highest BCUT2D eigenvalue weighted by Gasteiger charge is 2.64. The lowest BCUT2D eigenvalue weighted by Crippen LogP contribution is -2.25. The van der Waals surface area contributed by atoms with Crippen molar-refractivity contribution in [3.8, 4) is 5.75 Å². The molecule has 5 heteroatoms. The van der Waals surface area contributed by atoms with Crippen LogP contribution in [0.3, 0.4) is 0 Å². The summed E-state index contributed by atoms with van der Waals surface area (Å²) < 4.78 is 5.87. The highest BCUT2D eigenvalue weighted by Crippen LogP contribution is 2.60. The van der Waals surface area contributed by atoms with Gasteiger partial charge >= 0.3 is 5.30 Å². The Hall–Kier alpha value is -1.88. The molecule has 4 aliphatic heterocycles. The molecular weight excluding hydrogens is 250 g/mol. The zero-order chi connectivity index (χ0) is 12.0. The molecule has 4 heterocycles. The zero-order valence-corrected chi connectivity index (χ0v) is 10.1. The van der Waals surface area contributed by atoms with Gasteiger partial charge in [-0.1, -0.05) is 12.1 Å². The number of rotatable bonds is 0. The molecule has 0 amide bonds. The van der Waals surface area contributed by atoms with Crippen LogP contribution in [0.2, 0.25) is 0 Å². The first-order valence-electron chi connectivity index (χ1n) is 5.78. The molecule has 0 spiro atoms. The van der Waals surface area contributed by atoms with Crippen LogP contribution in [0.25, 0.3) is 0 Å². The van der Waals surface area contributed by atoms with Gasteiger partial charge in [0.15, 0.2) is 5.75 Å². The van der Waals surface area contributed by atoms with E-state index in [0.29, 0.717) is 0 Å². The van der Waals surface area contributed by atoms with E-state index in [0.717, 1.165) is 40.1 Å². The minimum Gasteiger partial charge on any atom is -0.440 e. The maximum absolute atomic E-state index is 11.4. The van der Waals surface area contributed by atoms with Crippen molar-refractivity contribution in [1.29, 1.82) is 0 Å². The van der Waals surface area contributed by atoms with Crippen molar-refractivity contribution in [3.05, 3.63) is 45.2 Å². The first-order valence-corrected chi connectivity index (χ1v) is 7.00. The highest BCUT2D eigenvalue weighted by atomic mass is 32.2. The van der Waals surface area contributed by atoms with Gasteiger partial charge in [-0.05, 0) is 11.6 Å². The SMILES string of the molecule is O=C(O)[S+]1C2=C3Oc4cccc5c4N3C1=C(C2)C5. The maximum atomic E-state index is 11.4. The summed E-state index contributed by atoms with van der Waals surface area (Å²) in [6, 6.07) is 6.06. The summed E-state index contributed by atoms with van der Waals surface area (Å²) in [5.74, 6) is 1.63. The fraction of sp³-hybridized carbons (Fsp3) is 0.154. The molecule has 0 saturated carbocycles. The third-order valence-electron chi connectivity index (χ3n) is 3.85. The van der Waals surface area contributed by atoms with Crippen LogP contribution < -0.4 is 9.64 Å². The van der Waals surface area contributed by atoms with Crippen molar-refractivity contribution in [2.45, 2.75) is 12.8 Å². The molecule has 1 aromatic rings. The molecule has 18 heavy (non-hydrogen) atoms. The second-order valence-corrected chi connectivity index (χ2v) is 6.61. The lowest BCUT2D eigenvalue weighted by Gasteiger charge is -2.21. The van der Waals surface area contributed by atoms with Gasteiger partial charge in [-0.3, -0.25) is 0 Å². The van der Waals surface area contributed by atoms with Crippen LogP contribution in [0, 0.1) is 0 Å². The van der Waals surface area contributed by atoms with Gasteiger partial charge in [0.05, 0.1) is 12.1 Å². The van der Waals surface area contributed by atoms with Gasteiger partial charge in [0.25, 0.3) is 10.9 Å². The molecular formula is C13H8NO3S+. The van der Waals surface area contributed by atoms with Gasteiger partial charge in [0.1, 0.15) is 0 Å². The largest absolute Gasteiger partial charge is 0.536 e. The first kappa shape index (κ1) is 9.10. The van der Waals surface area contributed by atoms with Crippen LogP contribution in [0.1, 0.15) is 12.0 Å². The fourth-order valence-corrected chi connectivity index (χ4v) is 5.27. The van der Waals surface area contributed by atoms with Gasteiger partial charge < -0.3 is 9.84 Å². The van der Waals surface area contributed by atoms with E-state index in [1.807, 2.05) is 17.0 Å². The lowest BCUT2D eigenvalue weighted by molar-refractivity contribution is 0.221. The Morgan fingerprint density at radius 3 is 3.11 bits per heavy atom. The Morgan fingerprint density at radius 1 is 1.39 bits per heavy atom. The Balaban J connectivity index is 1.86. The van der Waals surface area contributed by atoms with Crippen LogP contribution in [0.5, 0.6) is 5.75 Å². The topological polar surface area (TPSA) is 49.8 Å². The summed E-state index contributed by atoms with van der Waals surface area (Å²) in [7, 11) is -0.782. The number of benzene rings is 1. The standard InChI is InChI=1S/C13H7NO3S/c15-13(16)18-9-5-7-4-6-2-1-3-8-10(6)14(12(7)18)11(9)17-8/h1-3H,4-5H2/p+1. The van der Waals surface area contributed by atoms with Crippen molar-refractivity contribution in [3.63, 3.8) is 0 Å². The van der Waals surface area contributed by atoms with Gasteiger partial charge in [-0.2, -0.15) is 4.79 Å². The predicted molar refractivity (Wildman–Crippen MR) is 67.3 cm³/mol. The third-order valence-corrected chi connectivity index (χ3v) is 5.87. The van der Waals surface area contributed by atoms with E-state index in [9.17, 15) is 9.90 Å². The smallest absolute Gasteiger partial charge is 0.440 e. The molecule has 0 saturated heterocycles. The van der Waals surface area contributed by atoms with Crippen LogP contribution in [-0.2, 0) is 17.3 Å². The van der Waals surface area contributed by atoms with Gasteiger partial charge in [0.2, 0.25) is 15.8 Å². The molecule has 88 valence electrons. The van der Waals surface area contributed by atoms with Crippen molar-refractivity contribution >= 4 is 21.9 Å². The molecule has 1 N–H and O–H groups in total. The number of allylic oxidation sites excluding steroid dienone is 2. The number of carboxylic acid groups (broad SMARTS) is 1. The van der Waals surface area contributed by atoms with Crippen LogP contribution >= 0.6 is 0 Å². The monoisotopic (exact) mass is 258 g/mol. The van der Waals surface area contributed by atoms with Crippen molar-refractivity contribution in [2.24, 2.45) is 0 Å². The lowest BCUT2D eigenvalue weighted by atomic mass is 9.96. The molecule has 0 fully saturated rings. The van der Waals surface area contributed by atoms with E-state index < -0.39 is 16.2 Å². The minimum absolute atomic E-state index is 0.735. The van der Waals surface area contributed by atoms with E-state index in [4.69, 9.17) is 4.74 Å². The summed E-state index contributed by atoms with van der Waals surface area (Å²) in [5.41, 5.74) is 3.57. The molecule has 5 rings (SSSR count). The molecule has 1 unspecified atom stereocenters. The van der Waals surface area contributed by atoms with Crippen molar-refractivity contribution in [2.75, 3.05) is 4.90 Å². The summed E-state index contributed by atoms with van der Waals surface area (Å²) in [6.07, 6.45) is 1.64. The second kappa shape index (κ2) is 2.59. The number of hydrogen-bond donors (Lipinski definition) is 1. The van der Waals surface area contributed by atoms with E-state index in [2.05, 4.69) is 6.07 Å². The van der Waals surface area contributed by atoms with E-state index in [1.165, 1.54) is 11.1 Å². The summed E-state index contributed by atoms with van der Waals surface area (Å²) in [5, 5.41) is 9.64. The average Bonchev–Trinajstić information content (AvgIpc) is 2.94. The number of fused-ring (bicyclic) bond motifs is 1. The maximum Gasteiger partial charge on any atom is 0.536 e. The molecule has 1 aromatic carbocycles. The normalized spacial score (nSPS) is 25.1. The average molecular weight is 258 g/mol. The van der Waals surface area contributed by atoms with Crippen molar-refractivity contribution < 1.29 is 14.6 Å². The van der Waals surface area contributed by atoms with Crippen LogP contribution in [-0.4, -0.2) is 10.4 Å². The number of ether oxygens (including phenoxy) is 1. The van der Waals surface area contributed by atoms with E-state index in [1.54, 1.807) is 0 Å². The molecule has 0 aliphatic carbocycles. The second-order valence-electron chi connectivity index (χ2n) is 4.76. The van der Waals surface area contributed by atoms with Gasteiger partial charge in [-0.15, -0.1) is 0 Å². The third kappa shape index (κ3) is 0.772. The number of anilines is 1. The Kier molecular flexibility index (Phi) is 1.31. The molecule has 0 aromatic heterocycles. The summed E-state index contributed by atoms with van der Waals surface area (Å²) in [4.78, 5) is 14.4. The molecule has 4 aliphatic rings. The number of para-hydroxylation sites is 1. The Bertz CT molecular complexity index is 719. The van der Waals surface area contributed by atoms with Gasteiger partial charge in [-0.25, -0.2) is 4.90 Å². The number of nitrogens with zero attached hydrogens (tertiary/aromatic N) is 1. The van der Waals surface area contributed by atoms with Crippen molar-refractivity contribution in [1.82, 2.24) is 0 Å². The zero-order valence-electron chi connectivity index (χ0n) is 9.27. The number of hydrogen-bond acceptors (Lipinski definition) is 3. The molecule has 1 atom stereocenters. The van der Waals surface area contributed by atoms with E-state index in [-0.39, 0.29) is 0 Å². The molecule has 4 nitrogen and oxygen atoms in total. The summed E-state index contributed by atoms with van der Waals surface area (Å²) >= 11 is 0. The fourth-order valence-electron chi connectivity index (χ4n) is 3.24. The first-order chi connectivity index (χ1) is 8.75. The minimum atomic E-state index is -0.782. The molecule has 0 radical (unpaired) electrons.